The van der Waals surface area contributed by atoms with Crippen LogP contribution in [0.15, 0.2) is 78.2 Å². The summed E-state index contributed by atoms with van der Waals surface area (Å²) in [7, 11) is -3.88. The Balaban J connectivity index is 2.26. The number of ether oxygens (including phenoxy) is 2. The lowest BCUT2D eigenvalue weighted by Crippen LogP contribution is -2.50. The molecule has 0 aliphatic heterocycles. The van der Waals surface area contributed by atoms with E-state index in [1.165, 1.54) is 17.0 Å². The van der Waals surface area contributed by atoms with Gasteiger partial charge in [-0.3, -0.25) is 0 Å². The van der Waals surface area contributed by atoms with Gasteiger partial charge in [-0.1, -0.05) is 54.6 Å². The molecule has 2 N–H and O–H groups in total. The zero-order chi connectivity index (χ0) is 26.6. The standard InChI is InChI=1S/C27H38N2O6S/c1-5-12-23(19-30)17-29(26(31)35-27(2,3)4)18-24(21-34-20-22-13-8-6-9-14-22)28-36(32,33)25-15-10-7-11-16-25/h5-11,13-16,23-24,28,30H,1,12,17-21H2,2-4H3/t23?,24-/m1/s1. The molecule has 0 aliphatic carbocycles. The number of aliphatic hydroxyl groups excluding tert-OH is 1. The highest BCUT2D eigenvalue weighted by Crippen LogP contribution is 2.15. The lowest BCUT2D eigenvalue weighted by Gasteiger charge is -2.32. The number of rotatable bonds is 14. The Morgan fingerprint density at radius 1 is 1.08 bits per heavy atom. The van der Waals surface area contributed by atoms with Gasteiger partial charge in [0.25, 0.3) is 0 Å². The minimum Gasteiger partial charge on any atom is -0.444 e. The molecule has 0 spiro atoms. The van der Waals surface area contributed by atoms with Crippen molar-refractivity contribution in [2.24, 2.45) is 5.92 Å². The molecule has 0 radical (unpaired) electrons. The Morgan fingerprint density at radius 2 is 1.69 bits per heavy atom. The summed E-state index contributed by atoms with van der Waals surface area (Å²) in [6.45, 7) is 9.29. The van der Waals surface area contributed by atoms with Crippen molar-refractivity contribution in [1.29, 1.82) is 0 Å². The third-order valence-corrected chi connectivity index (χ3v) is 6.67. The molecule has 0 aliphatic rings. The van der Waals surface area contributed by atoms with Crippen LogP contribution < -0.4 is 4.72 Å². The van der Waals surface area contributed by atoms with Crippen molar-refractivity contribution in [2.45, 2.75) is 50.3 Å². The summed E-state index contributed by atoms with van der Waals surface area (Å²) in [6, 6.07) is 16.8. The number of allylic oxidation sites excluding steroid dienone is 1. The van der Waals surface area contributed by atoms with E-state index in [1.54, 1.807) is 45.0 Å². The number of hydrogen-bond acceptors (Lipinski definition) is 6. The fraction of sp³-hybridized carbons (Fsp3) is 0.444. The first-order valence-corrected chi connectivity index (χ1v) is 13.4. The largest absolute Gasteiger partial charge is 0.444 e. The van der Waals surface area contributed by atoms with Crippen molar-refractivity contribution in [3.63, 3.8) is 0 Å². The molecule has 0 fully saturated rings. The molecule has 36 heavy (non-hydrogen) atoms. The van der Waals surface area contributed by atoms with Crippen LogP contribution in [0.1, 0.15) is 32.8 Å². The molecule has 2 aromatic rings. The lowest BCUT2D eigenvalue weighted by molar-refractivity contribution is 0.0146. The Bertz CT molecular complexity index is 1040. The molecule has 8 nitrogen and oxygen atoms in total. The molecule has 0 saturated carbocycles. The van der Waals surface area contributed by atoms with Gasteiger partial charge >= 0.3 is 6.09 Å². The summed E-state index contributed by atoms with van der Waals surface area (Å²) >= 11 is 0. The normalized spacial score (nSPS) is 13.6. The maximum Gasteiger partial charge on any atom is 0.410 e. The minimum absolute atomic E-state index is 0.0105. The molecule has 2 atom stereocenters. The highest BCUT2D eigenvalue weighted by Gasteiger charge is 2.29. The average molecular weight is 519 g/mol. The predicted molar refractivity (Wildman–Crippen MR) is 140 cm³/mol. The first-order chi connectivity index (χ1) is 17.0. The van der Waals surface area contributed by atoms with Crippen LogP contribution in [0.4, 0.5) is 4.79 Å². The second-order valence-electron chi connectivity index (χ2n) is 9.59. The van der Waals surface area contributed by atoms with Crippen molar-refractivity contribution in [3.8, 4) is 0 Å². The molecular weight excluding hydrogens is 480 g/mol. The van der Waals surface area contributed by atoms with E-state index >= 15 is 0 Å². The van der Waals surface area contributed by atoms with E-state index in [-0.39, 0.29) is 43.7 Å². The molecule has 198 valence electrons. The SMILES string of the molecule is C=CCC(CO)CN(C[C@H](COCc1ccccc1)NS(=O)(=O)c1ccccc1)C(=O)OC(C)(C)C. The molecule has 0 heterocycles. The van der Waals surface area contributed by atoms with E-state index in [4.69, 9.17) is 9.47 Å². The van der Waals surface area contributed by atoms with Gasteiger partial charge in [0, 0.05) is 25.6 Å². The lowest BCUT2D eigenvalue weighted by atomic mass is 10.1. The van der Waals surface area contributed by atoms with Crippen molar-refractivity contribution in [2.75, 3.05) is 26.3 Å². The fourth-order valence-corrected chi connectivity index (χ4v) is 4.71. The van der Waals surface area contributed by atoms with Gasteiger partial charge in [0.1, 0.15) is 5.60 Å². The van der Waals surface area contributed by atoms with E-state index in [0.717, 1.165) is 5.56 Å². The summed E-state index contributed by atoms with van der Waals surface area (Å²) in [5.74, 6) is -0.272. The van der Waals surface area contributed by atoms with E-state index < -0.39 is 27.8 Å². The zero-order valence-electron chi connectivity index (χ0n) is 21.3. The van der Waals surface area contributed by atoms with Crippen molar-refractivity contribution < 1.29 is 27.8 Å². The summed E-state index contributed by atoms with van der Waals surface area (Å²) in [5, 5.41) is 9.79. The maximum absolute atomic E-state index is 13.1. The van der Waals surface area contributed by atoms with Crippen LogP contribution in [0.3, 0.4) is 0 Å². The first kappa shape index (κ1) is 29.5. The zero-order valence-corrected chi connectivity index (χ0v) is 22.1. The summed E-state index contributed by atoms with van der Waals surface area (Å²) in [4.78, 5) is 14.6. The van der Waals surface area contributed by atoms with E-state index in [9.17, 15) is 18.3 Å². The monoisotopic (exact) mass is 518 g/mol. The first-order valence-electron chi connectivity index (χ1n) is 11.9. The highest BCUT2D eigenvalue weighted by atomic mass is 32.2. The van der Waals surface area contributed by atoms with Gasteiger partial charge in [-0.25, -0.2) is 17.9 Å². The van der Waals surface area contributed by atoms with Gasteiger partial charge < -0.3 is 19.5 Å². The molecule has 1 amide bonds. The number of carbonyl (C=O) groups excluding carboxylic acids is 1. The van der Waals surface area contributed by atoms with E-state index in [2.05, 4.69) is 11.3 Å². The molecular formula is C27H38N2O6S. The van der Waals surface area contributed by atoms with Crippen molar-refractivity contribution in [1.82, 2.24) is 9.62 Å². The number of benzene rings is 2. The van der Waals surface area contributed by atoms with Gasteiger partial charge in [-0.2, -0.15) is 0 Å². The number of carbonyl (C=O) groups is 1. The molecule has 0 aromatic heterocycles. The van der Waals surface area contributed by atoms with E-state index in [0.29, 0.717) is 6.42 Å². The number of amides is 1. The number of nitrogens with zero attached hydrogens (tertiary/aromatic N) is 1. The Labute approximate surface area is 215 Å². The van der Waals surface area contributed by atoms with Gasteiger partial charge in [0.15, 0.2) is 0 Å². The summed E-state index contributed by atoms with van der Waals surface area (Å²) in [5.41, 5.74) is 0.197. The summed E-state index contributed by atoms with van der Waals surface area (Å²) < 4.78 is 40.3. The van der Waals surface area contributed by atoms with Crippen LogP contribution in [0.25, 0.3) is 0 Å². The van der Waals surface area contributed by atoms with E-state index in [1.807, 2.05) is 30.3 Å². The molecule has 2 aromatic carbocycles. The maximum atomic E-state index is 13.1. The van der Waals surface area contributed by atoms with Crippen LogP contribution in [-0.2, 0) is 26.1 Å². The minimum atomic E-state index is -3.88. The number of hydrogen-bond donors (Lipinski definition) is 2. The molecule has 0 saturated heterocycles. The average Bonchev–Trinajstić information content (AvgIpc) is 2.83. The third kappa shape index (κ3) is 10.5. The van der Waals surface area contributed by atoms with Crippen LogP contribution in [0.5, 0.6) is 0 Å². The van der Waals surface area contributed by atoms with Crippen LogP contribution in [0, 0.1) is 5.92 Å². The Morgan fingerprint density at radius 3 is 2.25 bits per heavy atom. The highest BCUT2D eigenvalue weighted by molar-refractivity contribution is 7.89. The number of nitrogens with one attached hydrogen (secondary N) is 1. The molecule has 0 bridgehead atoms. The second kappa shape index (κ2) is 14.1. The number of aliphatic hydroxyl groups is 1. The van der Waals surface area contributed by atoms with Crippen molar-refractivity contribution >= 4 is 16.1 Å². The van der Waals surface area contributed by atoms with Gasteiger partial charge in [0.05, 0.1) is 24.2 Å². The number of sulfonamides is 1. The molecule has 1 unspecified atom stereocenters. The molecule has 9 heteroatoms. The van der Waals surface area contributed by atoms with Gasteiger partial charge in [0.2, 0.25) is 10.0 Å². The Hall–Kier alpha value is -2.72. The Kier molecular flexibility index (Phi) is 11.6. The molecule has 2 rings (SSSR count). The summed E-state index contributed by atoms with van der Waals surface area (Å²) in [6.07, 6.45) is 1.56. The van der Waals surface area contributed by atoms with Crippen molar-refractivity contribution in [3.05, 3.63) is 78.9 Å². The van der Waals surface area contributed by atoms with Gasteiger partial charge in [-0.05, 0) is 44.9 Å². The quantitative estimate of drug-likeness (QED) is 0.367. The predicted octanol–water partition coefficient (Wildman–Crippen LogP) is 3.97. The fourth-order valence-electron chi connectivity index (χ4n) is 3.47. The third-order valence-electron chi connectivity index (χ3n) is 5.14. The smallest absolute Gasteiger partial charge is 0.410 e. The second-order valence-corrected chi connectivity index (χ2v) is 11.3. The van der Waals surface area contributed by atoms with Crippen LogP contribution in [0.2, 0.25) is 0 Å². The topological polar surface area (TPSA) is 105 Å². The van der Waals surface area contributed by atoms with Crippen LogP contribution >= 0.6 is 0 Å². The van der Waals surface area contributed by atoms with Gasteiger partial charge in [-0.15, -0.1) is 6.58 Å². The van der Waals surface area contributed by atoms with Crippen LogP contribution in [-0.4, -0.2) is 62.5 Å².